The molecule has 1 aliphatic carbocycles. The number of aromatic nitrogens is 4. The number of anilines is 3. The molecule has 1 saturated carbocycles. The van der Waals surface area contributed by atoms with Gasteiger partial charge < -0.3 is 19.9 Å². The van der Waals surface area contributed by atoms with E-state index in [0.29, 0.717) is 17.4 Å². The first-order valence-electron chi connectivity index (χ1n) is 11.4. The molecule has 4 heterocycles. The average molecular weight is 476 g/mol. The largest absolute Gasteiger partial charge is 0.378 e. The summed E-state index contributed by atoms with van der Waals surface area (Å²) in [7, 11) is 2.08. The molecule has 1 saturated heterocycles. The first-order chi connectivity index (χ1) is 16.7. The summed E-state index contributed by atoms with van der Waals surface area (Å²) in [6.07, 6.45) is 3.98. The van der Waals surface area contributed by atoms with Gasteiger partial charge in [0.15, 0.2) is 5.13 Å². The highest BCUT2D eigenvalue weighted by molar-refractivity contribution is 7.22. The molecule has 2 aliphatic rings. The summed E-state index contributed by atoms with van der Waals surface area (Å²) in [6, 6.07) is 11.9. The van der Waals surface area contributed by atoms with Crippen LogP contribution in [-0.2, 0) is 4.74 Å². The van der Waals surface area contributed by atoms with Crippen LogP contribution in [0.2, 0.25) is 0 Å². The molecular weight excluding hydrogens is 450 g/mol. The van der Waals surface area contributed by atoms with E-state index in [9.17, 15) is 4.79 Å². The number of benzene rings is 1. The van der Waals surface area contributed by atoms with Gasteiger partial charge >= 0.3 is 0 Å². The fourth-order valence-corrected chi connectivity index (χ4v) is 5.23. The number of carbonyl (C=O) groups is 1. The molecule has 0 unspecified atom stereocenters. The van der Waals surface area contributed by atoms with Crippen molar-refractivity contribution >= 4 is 44.0 Å². The number of hydrogen-bond donors (Lipinski definition) is 2. The highest BCUT2D eigenvalue weighted by Gasteiger charge is 2.29. The Morgan fingerprint density at radius 2 is 2.06 bits per heavy atom. The Balaban J connectivity index is 1.33. The molecule has 0 radical (unpaired) electrons. The van der Waals surface area contributed by atoms with Gasteiger partial charge in [-0.15, -0.1) is 0 Å². The van der Waals surface area contributed by atoms with Crippen LogP contribution < -0.4 is 15.1 Å². The number of amides is 1. The van der Waals surface area contributed by atoms with Crippen LogP contribution in [0, 0.1) is 0 Å². The van der Waals surface area contributed by atoms with E-state index in [1.807, 2.05) is 24.3 Å². The van der Waals surface area contributed by atoms with Crippen molar-refractivity contribution in [2.75, 3.05) is 48.5 Å². The minimum absolute atomic E-state index is 0.246. The maximum absolute atomic E-state index is 13.2. The van der Waals surface area contributed by atoms with Gasteiger partial charge in [-0.1, -0.05) is 17.4 Å². The molecule has 3 aromatic heterocycles. The van der Waals surface area contributed by atoms with E-state index < -0.39 is 0 Å². The van der Waals surface area contributed by atoms with Crippen LogP contribution >= 0.6 is 11.3 Å². The number of morpholine rings is 1. The first-order valence-corrected chi connectivity index (χ1v) is 12.3. The molecule has 0 atom stereocenters. The number of fused-ring (bicyclic) bond motifs is 1. The molecule has 174 valence electrons. The van der Waals surface area contributed by atoms with Gasteiger partial charge in [0, 0.05) is 32.4 Å². The third-order valence-electron chi connectivity index (χ3n) is 6.26. The van der Waals surface area contributed by atoms with E-state index in [1.165, 1.54) is 0 Å². The quantitative estimate of drug-likeness (QED) is 0.438. The van der Waals surface area contributed by atoms with Crippen molar-refractivity contribution < 1.29 is 9.53 Å². The number of rotatable bonds is 6. The predicted octanol–water partition coefficient (Wildman–Crippen LogP) is 3.77. The standard InChI is InChI=1S/C24H25N7O2S/c1-30(15-5-6-15)21-13-20-22(34-24(28-20)31-9-11-33-12-10-31)14-19(21)27-23(32)18-4-2-3-16(26-18)17-7-8-25-29-17/h2-4,7-8,13-15H,5-6,9-12H2,1H3,(H,25,29)(H,27,32). The maximum Gasteiger partial charge on any atom is 0.274 e. The third-order valence-corrected chi connectivity index (χ3v) is 7.34. The molecule has 4 aromatic rings. The summed E-state index contributed by atoms with van der Waals surface area (Å²) >= 11 is 1.65. The van der Waals surface area contributed by atoms with E-state index in [4.69, 9.17) is 9.72 Å². The number of H-pyrrole nitrogens is 1. The molecule has 1 aliphatic heterocycles. The Morgan fingerprint density at radius 1 is 1.21 bits per heavy atom. The third kappa shape index (κ3) is 4.10. The van der Waals surface area contributed by atoms with E-state index >= 15 is 0 Å². The highest BCUT2D eigenvalue weighted by Crippen LogP contribution is 2.40. The second kappa shape index (κ2) is 8.69. The molecule has 9 nitrogen and oxygen atoms in total. The van der Waals surface area contributed by atoms with Gasteiger partial charge in [-0.25, -0.2) is 9.97 Å². The van der Waals surface area contributed by atoms with Crippen molar-refractivity contribution in [1.29, 1.82) is 0 Å². The summed E-state index contributed by atoms with van der Waals surface area (Å²) in [5.41, 5.74) is 4.50. The normalized spacial score (nSPS) is 16.1. The lowest BCUT2D eigenvalue weighted by atomic mass is 10.2. The minimum atomic E-state index is -0.246. The van der Waals surface area contributed by atoms with Crippen molar-refractivity contribution in [3.05, 3.63) is 48.3 Å². The summed E-state index contributed by atoms with van der Waals surface area (Å²) < 4.78 is 6.53. The Kier molecular flexibility index (Phi) is 5.39. The number of aromatic amines is 1. The van der Waals surface area contributed by atoms with Gasteiger partial charge in [0.05, 0.1) is 46.2 Å². The molecule has 10 heteroatoms. The van der Waals surface area contributed by atoms with Crippen LogP contribution in [0.3, 0.4) is 0 Å². The van der Waals surface area contributed by atoms with Crippen LogP contribution in [0.25, 0.3) is 21.6 Å². The van der Waals surface area contributed by atoms with Gasteiger partial charge in [-0.05, 0) is 43.2 Å². The van der Waals surface area contributed by atoms with Crippen molar-refractivity contribution in [3.8, 4) is 11.4 Å². The Labute approximate surface area is 200 Å². The number of nitrogens with one attached hydrogen (secondary N) is 2. The Bertz CT molecular complexity index is 1330. The predicted molar refractivity (Wildman–Crippen MR) is 134 cm³/mol. The zero-order valence-corrected chi connectivity index (χ0v) is 19.6. The number of nitrogens with zero attached hydrogens (tertiary/aromatic N) is 5. The van der Waals surface area contributed by atoms with Crippen molar-refractivity contribution in [2.45, 2.75) is 18.9 Å². The number of thiazole rings is 1. The number of ether oxygens (including phenoxy) is 1. The topological polar surface area (TPSA) is 99.3 Å². The van der Waals surface area contributed by atoms with Crippen molar-refractivity contribution in [3.63, 3.8) is 0 Å². The number of pyridine rings is 1. The first kappa shape index (κ1) is 21.1. The molecule has 2 N–H and O–H groups in total. The van der Waals surface area contributed by atoms with Crippen LogP contribution in [0.4, 0.5) is 16.5 Å². The van der Waals surface area contributed by atoms with Gasteiger partial charge in [-0.3, -0.25) is 9.89 Å². The SMILES string of the molecule is CN(c1cc2nc(N3CCOCC3)sc2cc1NC(=O)c1cccc(-c2ccn[nH]2)n1)C1CC1. The van der Waals surface area contributed by atoms with Crippen LogP contribution in [0.5, 0.6) is 0 Å². The zero-order chi connectivity index (χ0) is 23.1. The lowest BCUT2D eigenvalue weighted by Gasteiger charge is -2.25. The average Bonchev–Trinajstić information content (AvgIpc) is 3.41. The molecule has 0 bridgehead atoms. The van der Waals surface area contributed by atoms with E-state index in [2.05, 4.69) is 43.4 Å². The van der Waals surface area contributed by atoms with Gasteiger partial charge in [0.25, 0.3) is 5.91 Å². The molecule has 0 spiro atoms. The summed E-state index contributed by atoms with van der Waals surface area (Å²) in [5.74, 6) is -0.246. The van der Waals surface area contributed by atoms with Crippen molar-refractivity contribution in [2.24, 2.45) is 0 Å². The van der Waals surface area contributed by atoms with E-state index in [-0.39, 0.29) is 5.91 Å². The fourth-order valence-electron chi connectivity index (χ4n) is 4.19. The number of hydrogen-bond acceptors (Lipinski definition) is 8. The Morgan fingerprint density at radius 3 is 2.82 bits per heavy atom. The molecule has 2 fully saturated rings. The molecule has 1 aromatic carbocycles. The van der Waals surface area contributed by atoms with Crippen LogP contribution in [0.15, 0.2) is 42.6 Å². The molecular formula is C24H25N7O2S. The summed E-state index contributed by atoms with van der Waals surface area (Å²) in [4.78, 5) is 27.2. The number of carbonyl (C=O) groups excluding carboxylic acids is 1. The zero-order valence-electron chi connectivity index (χ0n) is 18.8. The maximum atomic E-state index is 13.2. The summed E-state index contributed by atoms with van der Waals surface area (Å²) in [5, 5.41) is 11.0. The minimum Gasteiger partial charge on any atom is -0.378 e. The monoisotopic (exact) mass is 475 g/mol. The van der Waals surface area contributed by atoms with Gasteiger partial charge in [-0.2, -0.15) is 5.10 Å². The Hall–Kier alpha value is -3.50. The molecule has 6 rings (SSSR count). The van der Waals surface area contributed by atoms with E-state index in [0.717, 1.165) is 71.6 Å². The fraction of sp³-hybridized carbons (Fsp3) is 0.333. The molecule has 1 amide bonds. The second-order valence-corrected chi connectivity index (χ2v) is 9.62. The highest BCUT2D eigenvalue weighted by atomic mass is 32.1. The van der Waals surface area contributed by atoms with Gasteiger partial charge in [0.1, 0.15) is 5.69 Å². The van der Waals surface area contributed by atoms with Crippen molar-refractivity contribution in [1.82, 2.24) is 20.2 Å². The lowest BCUT2D eigenvalue weighted by molar-refractivity contribution is 0.102. The summed E-state index contributed by atoms with van der Waals surface area (Å²) in [6.45, 7) is 3.13. The van der Waals surface area contributed by atoms with Gasteiger partial charge in [0.2, 0.25) is 0 Å². The van der Waals surface area contributed by atoms with E-state index in [1.54, 1.807) is 23.6 Å². The lowest BCUT2D eigenvalue weighted by Crippen LogP contribution is -2.36. The van der Waals surface area contributed by atoms with Crippen LogP contribution in [0.1, 0.15) is 23.3 Å². The van der Waals surface area contributed by atoms with Crippen LogP contribution in [-0.4, -0.2) is 65.5 Å². The second-order valence-electron chi connectivity index (χ2n) is 8.61. The smallest absolute Gasteiger partial charge is 0.274 e. The molecule has 34 heavy (non-hydrogen) atoms.